The van der Waals surface area contributed by atoms with Gasteiger partial charge in [-0.3, -0.25) is 19.6 Å². The van der Waals surface area contributed by atoms with E-state index < -0.39 is 12.0 Å². The second-order valence-corrected chi connectivity index (χ2v) is 7.16. The highest BCUT2D eigenvalue weighted by Crippen LogP contribution is 2.12. The van der Waals surface area contributed by atoms with Crippen molar-refractivity contribution in [2.45, 2.75) is 51.5 Å². The monoisotopic (exact) mass is 372 g/mol. The van der Waals surface area contributed by atoms with E-state index in [2.05, 4.69) is 10.2 Å². The van der Waals surface area contributed by atoms with Crippen LogP contribution in [0.25, 0.3) is 0 Å². The van der Waals surface area contributed by atoms with E-state index in [1.165, 1.54) is 4.90 Å². The van der Waals surface area contributed by atoms with Gasteiger partial charge in [-0.25, -0.2) is 5.06 Å². The largest absolute Gasteiger partial charge is 0.347 e. The van der Waals surface area contributed by atoms with Gasteiger partial charge in [0.15, 0.2) is 0 Å². The molecule has 0 radical (unpaired) electrons. The van der Waals surface area contributed by atoms with Crippen LogP contribution in [-0.4, -0.2) is 85.6 Å². The lowest BCUT2D eigenvalue weighted by atomic mass is 9.99. The Morgan fingerprint density at radius 2 is 1.73 bits per heavy atom. The summed E-state index contributed by atoms with van der Waals surface area (Å²) in [6.45, 7) is 2.86. The van der Waals surface area contributed by atoms with E-state index in [0.717, 1.165) is 32.2 Å². The molecular weight excluding hydrogens is 336 g/mol. The molecule has 8 nitrogen and oxygen atoms in total. The first-order chi connectivity index (χ1) is 12.2. The van der Waals surface area contributed by atoms with Gasteiger partial charge in [0.05, 0.1) is 12.5 Å². The van der Waals surface area contributed by atoms with Crippen LogP contribution in [-0.2, 0) is 14.4 Å². The van der Waals surface area contributed by atoms with Gasteiger partial charge in [0.1, 0.15) is 6.04 Å². The van der Waals surface area contributed by atoms with E-state index in [9.17, 15) is 19.6 Å². The Bertz CT molecular complexity index is 429. The normalized spacial score (nSPS) is 13.2. The summed E-state index contributed by atoms with van der Waals surface area (Å²) in [4.78, 5) is 39.3. The van der Waals surface area contributed by atoms with E-state index >= 15 is 0 Å². The molecule has 0 aromatic heterocycles. The smallest absolute Gasteiger partial charge is 0.244 e. The molecular formula is C18H36N4O4. The van der Waals surface area contributed by atoms with E-state index in [1.807, 2.05) is 21.0 Å². The zero-order valence-corrected chi connectivity index (χ0v) is 16.9. The summed E-state index contributed by atoms with van der Waals surface area (Å²) >= 11 is 0. The molecule has 3 amide bonds. The van der Waals surface area contributed by atoms with Gasteiger partial charge in [-0.15, -0.1) is 0 Å². The third-order valence-corrected chi connectivity index (χ3v) is 4.21. The summed E-state index contributed by atoms with van der Waals surface area (Å²) < 4.78 is 0. The minimum absolute atomic E-state index is 0.0706. The minimum Gasteiger partial charge on any atom is -0.347 e. The summed E-state index contributed by atoms with van der Waals surface area (Å²) in [5.41, 5.74) is 0. The molecule has 0 heterocycles. The Labute approximate surface area is 157 Å². The lowest BCUT2D eigenvalue weighted by molar-refractivity contribution is -0.155. The van der Waals surface area contributed by atoms with Crippen molar-refractivity contribution >= 4 is 18.2 Å². The van der Waals surface area contributed by atoms with Crippen LogP contribution in [0.3, 0.4) is 0 Å². The highest BCUT2D eigenvalue weighted by Gasteiger charge is 2.27. The third kappa shape index (κ3) is 10.4. The molecule has 0 aromatic rings. The number of hydrogen-bond donors (Lipinski definition) is 2. The quantitative estimate of drug-likeness (QED) is 0.205. The fourth-order valence-electron chi connectivity index (χ4n) is 2.66. The molecule has 0 unspecified atom stereocenters. The highest BCUT2D eigenvalue weighted by molar-refractivity contribution is 5.88. The Morgan fingerprint density at radius 1 is 1.08 bits per heavy atom. The molecule has 0 rings (SSSR count). The molecule has 0 aliphatic heterocycles. The number of carbonyl (C=O) groups excluding carboxylic acids is 3. The van der Waals surface area contributed by atoms with Gasteiger partial charge in [0.2, 0.25) is 18.2 Å². The molecule has 0 fully saturated rings. The van der Waals surface area contributed by atoms with Crippen molar-refractivity contribution < 1.29 is 19.6 Å². The van der Waals surface area contributed by atoms with Crippen LogP contribution >= 0.6 is 0 Å². The average Bonchev–Trinajstić information content (AvgIpc) is 2.59. The van der Waals surface area contributed by atoms with Crippen molar-refractivity contribution in [3.8, 4) is 0 Å². The molecule has 0 bridgehead atoms. The number of nitrogens with one attached hydrogen (secondary N) is 1. The van der Waals surface area contributed by atoms with Crippen LogP contribution in [0, 0.1) is 5.92 Å². The molecule has 0 aliphatic rings. The fraction of sp³-hybridized carbons (Fsp3) is 0.833. The SMILES string of the molecule is CCCC[C@H](CN(O)C=O)C(=O)N[C@@H](CCCCN(C)C)C(=O)N(C)C. The standard InChI is InChI=1S/C18H36N4O4/c1-6-7-10-15(13-22(26)14-23)17(24)19-16(18(25)21(4)5)11-8-9-12-20(2)3/h14-16,26H,6-13H2,1-5H3,(H,19,24)/t15-,16+/m1/s1. The number of rotatable bonds is 14. The van der Waals surface area contributed by atoms with E-state index in [1.54, 1.807) is 14.1 Å². The van der Waals surface area contributed by atoms with Crippen molar-refractivity contribution in [3.63, 3.8) is 0 Å². The highest BCUT2D eigenvalue weighted by atomic mass is 16.5. The predicted octanol–water partition coefficient (Wildman–Crippen LogP) is 0.945. The number of hydroxylamine groups is 2. The van der Waals surface area contributed by atoms with Gasteiger partial charge in [-0.1, -0.05) is 19.8 Å². The first kappa shape index (κ1) is 24.3. The molecule has 0 spiro atoms. The molecule has 2 atom stereocenters. The van der Waals surface area contributed by atoms with Crippen molar-refractivity contribution in [1.29, 1.82) is 0 Å². The van der Waals surface area contributed by atoms with Crippen molar-refractivity contribution in [2.75, 3.05) is 41.3 Å². The Kier molecular flexibility index (Phi) is 12.7. The lowest BCUT2D eigenvalue weighted by Gasteiger charge is -2.25. The fourth-order valence-corrected chi connectivity index (χ4v) is 2.66. The van der Waals surface area contributed by atoms with Crippen LogP contribution < -0.4 is 5.32 Å². The second kappa shape index (κ2) is 13.5. The Balaban J connectivity index is 4.90. The van der Waals surface area contributed by atoms with E-state index in [-0.39, 0.29) is 24.8 Å². The van der Waals surface area contributed by atoms with Gasteiger partial charge in [0, 0.05) is 14.1 Å². The molecule has 26 heavy (non-hydrogen) atoms. The molecule has 0 aromatic carbocycles. The molecule has 2 N–H and O–H groups in total. The number of likely N-dealkylation sites (N-methyl/N-ethyl adjacent to an activating group) is 1. The zero-order chi connectivity index (χ0) is 20.1. The number of nitrogens with zero attached hydrogens (tertiary/aromatic N) is 3. The van der Waals surface area contributed by atoms with Gasteiger partial charge >= 0.3 is 0 Å². The molecule has 8 heteroatoms. The second-order valence-electron chi connectivity index (χ2n) is 7.16. The maximum Gasteiger partial charge on any atom is 0.244 e. The molecule has 0 saturated heterocycles. The van der Waals surface area contributed by atoms with Gasteiger partial charge < -0.3 is 15.1 Å². The summed E-state index contributed by atoms with van der Waals surface area (Å²) in [6, 6.07) is -0.591. The number of hydrogen-bond acceptors (Lipinski definition) is 5. The van der Waals surface area contributed by atoms with Crippen molar-refractivity contribution in [2.24, 2.45) is 5.92 Å². The summed E-state index contributed by atoms with van der Waals surface area (Å²) in [7, 11) is 7.32. The summed E-state index contributed by atoms with van der Waals surface area (Å²) in [5, 5.41) is 12.8. The molecule has 152 valence electrons. The zero-order valence-electron chi connectivity index (χ0n) is 16.9. The van der Waals surface area contributed by atoms with E-state index in [4.69, 9.17) is 0 Å². The number of unbranched alkanes of at least 4 members (excludes halogenated alkanes) is 2. The molecule has 0 saturated carbocycles. The van der Waals surface area contributed by atoms with E-state index in [0.29, 0.717) is 17.9 Å². The third-order valence-electron chi connectivity index (χ3n) is 4.21. The lowest BCUT2D eigenvalue weighted by Crippen LogP contribution is -2.49. The average molecular weight is 373 g/mol. The van der Waals surface area contributed by atoms with Crippen LogP contribution in [0.2, 0.25) is 0 Å². The molecule has 0 aliphatic carbocycles. The first-order valence-corrected chi connectivity index (χ1v) is 9.29. The Hall–Kier alpha value is -1.67. The van der Waals surface area contributed by atoms with Gasteiger partial charge in [-0.2, -0.15) is 0 Å². The van der Waals surface area contributed by atoms with Crippen LogP contribution in [0.5, 0.6) is 0 Å². The van der Waals surface area contributed by atoms with Crippen LogP contribution in [0.4, 0.5) is 0 Å². The number of carbonyl (C=O) groups is 3. The maximum absolute atomic E-state index is 12.6. The van der Waals surface area contributed by atoms with Crippen LogP contribution in [0.1, 0.15) is 45.4 Å². The predicted molar refractivity (Wildman–Crippen MR) is 101 cm³/mol. The van der Waals surface area contributed by atoms with Gasteiger partial charge in [-0.05, 0) is 46.3 Å². The number of amides is 3. The van der Waals surface area contributed by atoms with Crippen LogP contribution in [0.15, 0.2) is 0 Å². The topological polar surface area (TPSA) is 93.2 Å². The summed E-state index contributed by atoms with van der Waals surface area (Å²) in [6.07, 6.45) is 4.87. The van der Waals surface area contributed by atoms with Crippen molar-refractivity contribution in [3.05, 3.63) is 0 Å². The minimum atomic E-state index is -0.591. The Morgan fingerprint density at radius 3 is 2.23 bits per heavy atom. The van der Waals surface area contributed by atoms with Gasteiger partial charge in [0.25, 0.3) is 0 Å². The summed E-state index contributed by atoms with van der Waals surface area (Å²) in [5.74, 6) is -0.981. The maximum atomic E-state index is 12.6. The van der Waals surface area contributed by atoms with Crippen molar-refractivity contribution in [1.82, 2.24) is 20.2 Å². The first-order valence-electron chi connectivity index (χ1n) is 9.29.